The molecule has 184 valence electrons. The summed E-state index contributed by atoms with van der Waals surface area (Å²) < 4.78 is 77.6. The van der Waals surface area contributed by atoms with Gasteiger partial charge in [-0.3, -0.25) is 8.78 Å². The highest BCUT2D eigenvalue weighted by Crippen LogP contribution is 2.40. The lowest BCUT2D eigenvalue weighted by Crippen LogP contribution is -2.08. The third-order valence-electron chi connectivity index (χ3n) is 4.72. The topological polar surface area (TPSA) is 36.9 Å². The van der Waals surface area contributed by atoms with Gasteiger partial charge in [-0.15, -0.1) is 6.07 Å². The van der Waals surface area contributed by atoms with Crippen molar-refractivity contribution in [2.45, 2.75) is 65.9 Å². The minimum Gasteiger partial charge on any atom is -0.508 e. The Kier molecular flexibility index (Phi) is 11.1. The van der Waals surface area contributed by atoms with E-state index >= 15 is 0 Å². The summed E-state index contributed by atoms with van der Waals surface area (Å²) >= 11 is 0. The molecule has 0 saturated carbocycles. The molecule has 2 rings (SSSR count). The summed E-state index contributed by atoms with van der Waals surface area (Å²) in [5, 5.41) is 0. The van der Waals surface area contributed by atoms with Crippen LogP contribution in [0, 0.1) is 29.3 Å². The lowest BCUT2D eigenvalue weighted by atomic mass is 10.2. The maximum atomic E-state index is 13.9. The molecule has 0 aliphatic rings. The van der Waals surface area contributed by atoms with E-state index in [1.54, 1.807) is 12.1 Å². The zero-order chi connectivity index (χ0) is 24.2. The van der Waals surface area contributed by atoms with E-state index < -0.39 is 29.0 Å². The van der Waals surface area contributed by atoms with Crippen molar-refractivity contribution in [1.82, 2.24) is 0 Å². The standard InChI is InChI=1S/C25H31F4O4/c1-4-7-10-30-20-13-17(16-33-25-22(28)18(26)15-19(27)23(25)29)14-21(31-11-8-5-2)24(20)32-12-9-6-3/h13-14H,4-12,16H2,1-3H3/q-1. The van der Waals surface area contributed by atoms with Gasteiger partial charge in [0.2, 0.25) is 5.75 Å². The fraction of sp³-hybridized carbons (Fsp3) is 0.520. The molecule has 0 atom stereocenters. The Hall–Kier alpha value is -2.64. The quantitative estimate of drug-likeness (QED) is 0.120. The molecule has 33 heavy (non-hydrogen) atoms. The molecule has 0 fully saturated rings. The van der Waals surface area contributed by atoms with Crippen molar-refractivity contribution in [2.24, 2.45) is 0 Å². The first-order chi connectivity index (χ1) is 15.9. The number of hydrogen-bond donors (Lipinski definition) is 0. The van der Waals surface area contributed by atoms with Crippen LogP contribution in [0.2, 0.25) is 0 Å². The smallest absolute Gasteiger partial charge is 0.203 e. The van der Waals surface area contributed by atoms with Crippen LogP contribution in [0.25, 0.3) is 0 Å². The first-order valence-corrected chi connectivity index (χ1v) is 11.4. The summed E-state index contributed by atoms with van der Waals surface area (Å²) in [6.07, 6.45) is 5.27. The molecule has 0 aliphatic heterocycles. The molecule has 0 bridgehead atoms. The van der Waals surface area contributed by atoms with Crippen LogP contribution in [0.15, 0.2) is 12.1 Å². The van der Waals surface area contributed by atoms with E-state index in [1.165, 1.54) is 6.07 Å². The fourth-order valence-electron chi connectivity index (χ4n) is 2.83. The normalized spacial score (nSPS) is 10.9. The predicted molar refractivity (Wildman–Crippen MR) is 117 cm³/mol. The Bertz CT molecular complexity index is 832. The highest BCUT2D eigenvalue weighted by molar-refractivity contribution is 5.54. The number of benzene rings is 2. The zero-order valence-corrected chi connectivity index (χ0v) is 19.4. The summed E-state index contributed by atoms with van der Waals surface area (Å²) in [7, 11) is 0. The maximum absolute atomic E-state index is 13.9. The Balaban J connectivity index is 2.36. The zero-order valence-electron chi connectivity index (χ0n) is 19.4. The van der Waals surface area contributed by atoms with Gasteiger partial charge >= 0.3 is 0 Å². The number of hydrogen-bond acceptors (Lipinski definition) is 4. The van der Waals surface area contributed by atoms with Crippen LogP contribution in [-0.4, -0.2) is 19.8 Å². The second-order valence-corrected chi connectivity index (χ2v) is 7.53. The second-order valence-electron chi connectivity index (χ2n) is 7.53. The van der Waals surface area contributed by atoms with Gasteiger partial charge in [-0.1, -0.05) is 40.0 Å². The molecule has 0 heterocycles. The highest BCUT2D eigenvalue weighted by Gasteiger charge is 2.17. The molecule has 0 aromatic heterocycles. The van der Waals surface area contributed by atoms with Crippen LogP contribution >= 0.6 is 0 Å². The van der Waals surface area contributed by atoms with Crippen molar-refractivity contribution in [3.05, 3.63) is 47.0 Å². The van der Waals surface area contributed by atoms with Gasteiger partial charge < -0.3 is 18.9 Å². The highest BCUT2D eigenvalue weighted by atomic mass is 19.2. The SMILES string of the molecule is CCCCOc1cc(COc2c(F)c(F)[c-]c(F)c2F)cc(OCCCC)c1OCCCC. The van der Waals surface area contributed by atoms with E-state index in [0.29, 0.717) is 42.6 Å². The molecule has 0 aliphatic carbocycles. The van der Waals surface area contributed by atoms with Crippen LogP contribution in [0.3, 0.4) is 0 Å². The van der Waals surface area contributed by atoms with Gasteiger partial charge in [0.05, 0.1) is 48.8 Å². The minimum absolute atomic E-state index is 0.375. The molecule has 0 N–H and O–H groups in total. The summed E-state index contributed by atoms with van der Waals surface area (Å²) in [4.78, 5) is 0. The van der Waals surface area contributed by atoms with Gasteiger partial charge in [0.15, 0.2) is 11.5 Å². The van der Waals surface area contributed by atoms with Crippen LogP contribution < -0.4 is 18.9 Å². The Labute approximate surface area is 192 Å². The van der Waals surface area contributed by atoms with Crippen molar-refractivity contribution in [3.63, 3.8) is 0 Å². The molecule has 0 radical (unpaired) electrons. The second kappa shape index (κ2) is 13.8. The molecule has 4 nitrogen and oxygen atoms in total. The summed E-state index contributed by atoms with van der Waals surface area (Å²) in [6.45, 7) is 7.08. The van der Waals surface area contributed by atoms with E-state index in [0.717, 1.165) is 38.5 Å². The predicted octanol–water partition coefficient (Wildman–Crippen LogP) is 7.16. The van der Waals surface area contributed by atoms with E-state index in [4.69, 9.17) is 18.9 Å². The van der Waals surface area contributed by atoms with Gasteiger partial charge in [0, 0.05) is 0 Å². The van der Waals surface area contributed by atoms with Crippen LogP contribution in [0.1, 0.15) is 64.9 Å². The van der Waals surface area contributed by atoms with E-state index in [2.05, 4.69) is 0 Å². The van der Waals surface area contributed by atoms with E-state index in [9.17, 15) is 17.6 Å². The minimum atomic E-state index is -1.66. The van der Waals surface area contributed by atoms with Crippen molar-refractivity contribution in [3.8, 4) is 23.0 Å². The summed E-state index contributed by atoms with van der Waals surface area (Å²) in [5.41, 5.74) is 0.434. The molecule has 0 saturated heterocycles. The van der Waals surface area contributed by atoms with Crippen molar-refractivity contribution >= 4 is 0 Å². The molecule has 2 aromatic carbocycles. The van der Waals surface area contributed by atoms with E-state index in [-0.39, 0.29) is 6.61 Å². The van der Waals surface area contributed by atoms with Crippen LogP contribution in [0.4, 0.5) is 17.6 Å². The molecule has 0 amide bonds. The largest absolute Gasteiger partial charge is 0.508 e. The Morgan fingerprint density at radius 1 is 0.636 bits per heavy atom. The van der Waals surface area contributed by atoms with Crippen LogP contribution in [0.5, 0.6) is 23.0 Å². The van der Waals surface area contributed by atoms with Crippen molar-refractivity contribution in [1.29, 1.82) is 0 Å². The average molecular weight is 472 g/mol. The molecule has 0 spiro atoms. The number of rotatable bonds is 15. The Morgan fingerprint density at radius 3 is 1.55 bits per heavy atom. The molecule has 2 aromatic rings. The number of halogens is 4. The van der Waals surface area contributed by atoms with Gasteiger partial charge in [-0.25, -0.2) is 8.78 Å². The number of unbranched alkanes of at least 4 members (excludes halogenated alkanes) is 3. The fourth-order valence-corrected chi connectivity index (χ4v) is 2.83. The molecule has 0 unspecified atom stereocenters. The Morgan fingerprint density at radius 2 is 1.09 bits per heavy atom. The lowest BCUT2D eigenvalue weighted by molar-refractivity contribution is 0.233. The van der Waals surface area contributed by atoms with Gasteiger partial charge in [-0.2, -0.15) is 0 Å². The molecule has 8 heteroatoms. The van der Waals surface area contributed by atoms with E-state index in [1.807, 2.05) is 20.8 Å². The average Bonchev–Trinajstić information content (AvgIpc) is 2.79. The summed E-state index contributed by atoms with van der Waals surface area (Å²) in [6, 6.07) is 4.56. The maximum Gasteiger partial charge on any atom is 0.203 e. The lowest BCUT2D eigenvalue weighted by Gasteiger charge is -2.20. The van der Waals surface area contributed by atoms with Crippen molar-refractivity contribution in [2.75, 3.05) is 19.8 Å². The van der Waals surface area contributed by atoms with Crippen LogP contribution in [-0.2, 0) is 6.61 Å². The first kappa shape index (κ1) is 26.6. The third-order valence-corrected chi connectivity index (χ3v) is 4.72. The number of ether oxygens (including phenoxy) is 4. The monoisotopic (exact) mass is 471 g/mol. The van der Waals surface area contributed by atoms with Crippen molar-refractivity contribution < 1.29 is 36.5 Å². The van der Waals surface area contributed by atoms with Gasteiger partial charge in [0.1, 0.15) is 6.61 Å². The van der Waals surface area contributed by atoms with Gasteiger partial charge in [0.25, 0.3) is 0 Å². The summed E-state index contributed by atoms with van der Waals surface area (Å²) in [5.74, 6) is -6.48. The molecular formula is C25H31F4O4-. The first-order valence-electron chi connectivity index (χ1n) is 11.4. The molecular weight excluding hydrogens is 440 g/mol. The van der Waals surface area contributed by atoms with Gasteiger partial charge in [-0.05, 0) is 37.0 Å². The third kappa shape index (κ3) is 7.72.